The first-order valence-corrected chi connectivity index (χ1v) is 8.34. The van der Waals surface area contributed by atoms with E-state index in [0.717, 1.165) is 36.5 Å². The van der Waals surface area contributed by atoms with Crippen LogP contribution in [0.25, 0.3) is 10.9 Å². The first kappa shape index (κ1) is 15.3. The summed E-state index contributed by atoms with van der Waals surface area (Å²) in [4.78, 5) is 6.72. The predicted octanol–water partition coefficient (Wildman–Crippen LogP) is 2.57. The zero-order valence-corrected chi connectivity index (χ0v) is 13.7. The molecule has 1 aliphatic heterocycles. The van der Waals surface area contributed by atoms with Crippen LogP contribution in [0.1, 0.15) is 17.0 Å². The Morgan fingerprint density at radius 2 is 2.17 bits per heavy atom. The van der Waals surface area contributed by atoms with E-state index in [9.17, 15) is 5.11 Å². The van der Waals surface area contributed by atoms with Crippen molar-refractivity contribution in [3.8, 4) is 0 Å². The van der Waals surface area contributed by atoms with Gasteiger partial charge in [-0.25, -0.2) is 0 Å². The van der Waals surface area contributed by atoms with Crippen LogP contribution < -0.4 is 0 Å². The summed E-state index contributed by atoms with van der Waals surface area (Å²) < 4.78 is 5.30. The second-order valence-corrected chi connectivity index (χ2v) is 6.65. The van der Waals surface area contributed by atoms with E-state index in [1.807, 2.05) is 37.4 Å². The summed E-state index contributed by atoms with van der Waals surface area (Å²) in [5, 5.41) is 15.5. The van der Waals surface area contributed by atoms with Crippen LogP contribution >= 0.6 is 0 Å². The van der Waals surface area contributed by atoms with Gasteiger partial charge < -0.3 is 9.63 Å². The normalized spacial score (nSPS) is 21.6. The average Bonchev–Trinajstić information content (AvgIpc) is 3.14. The molecule has 3 heterocycles. The van der Waals surface area contributed by atoms with Gasteiger partial charge in [0.15, 0.2) is 0 Å². The van der Waals surface area contributed by atoms with Crippen molar-refractivity contribution < 1.29 is 9.63 Å². The highest BCUT2D eigenvalue weighted by Crippen LogP contribution is 2.25. The maximum Gasteiger partial charge on any atom is 0.137 e. The summed E-state index contributed by atoms with van der Waals surface area (Å²) in [5.74, 6) is 1.04. The molecule has 1 saturated heterocycles. The van der Waals surface area contributed by atoms with Crippen LogP contribution in [0.5, 0.6) is 0 Å². The summed E-state index contributed by atoms with van der Waals surface area (Å²) in [6, 6.07) is 12.3. The van der Waals surface area contributed by atoms with Crippen LogP contribution in [-0.4, -0.2) is 39.3 Å². The van der Waals surface area contributed by atoms with E-state index < -0.39 is 0 Å². The molecule has 3 aromatic rings. The number of β-amino-alcohol motifs (C(OH)–C–C–N with tert-alkyl or cyclic N) is 1. The van der Waals surface area contributed by atoms with Gasteiger partial charge in [-0.3, -0.25) is 9.88 Å². The Morgan fingerprint density at radius 3 is 3.00 bits per heavy atom. The number of fused-ring (bicyclic) bond motifs is 1. The summed E-state index contributed by atoms with van der Waals surface area (Å²) in [6.45, 7) is 4.29. The molecule has 0 saturated carbocycles. The molecule has 1 aliphatic rings. The molecule has 124 valence electrons. The van der Waals surface area contributed by atoms with E-state index in [4.69, 9.17) is 4.52 Å². The van der Waals surface area contributed by atoms with Gasteiger partial charge in [-0.1, -0.05) is 23.4 Å². The van der Waals surface area contributed by atoms with Gasteiger partial charge in [-0.2, -0.15) is 0 Å². The standard InChI is InChI=1S/C19H21N3O2/c1-13-8-16(24-21-13)9-15-11-22(12-19(15)23)10-14-4-2-6-18-17(14)5-3-7-20-18/h2-8,15,19,23H,9-12H2,1H3/t15-,19-/m1/s1. The van der Waals surface area contributed by atoms with Crippen LogP contribution in [0, 0.1) is 12.8 Å². The molecule has 0 unspecified atom stereocenters. The van der Waals surface area contributed by atoms with Crippen molar-refractivity contribution >= 4 is 10.9 Å². The Kier molecular flexibility index (Phi) is 4.04. The minimum absolute atomic E-state index is 0.186. The van der Waals surface area contributed by atoms with Gasteiger partial charge in [-0.05, 0) is 24.6 Å². The average molecular weight is 323 g/mol. The van der Waals surface area contributed by atoms with Crippen LogP contribution in [0.15, 0.2) is 47.1 Å². The number of rotatable bonds is 4. The number of aliphatic hydroxyl groups is 1. The Balaban J connectivity index is 1.47. The molecule has 5 heteroatoms. The van der Waals surface area contributed by atoms with Crippen LogP contribution in [-0.2, 0) is 13.0 Å². The number of likely N-dealkylation sites (tertiary alicyclic amines) is 1. The lowest BCUT2D eigenvalue weighted by molar-refractivity contribution is 0.137. The number of aliphatic hydroxyl groups excluding tert-OH is 1. The molecule has 0 radical (unpaired) electrons. The van der Waals surface area contributed by atoms with E-state index in [0.29, 0.717) is 6.54 Å². The van der Waals surface area contributed by atoms with E-state index in [1.165, 1.54) is 10.9 Å². The second kappa shape index (κ2) is 6.34. The molecule has 0 spiro atoms. The zero-order valence-electron chi connectivity index (χ0n) is 13.7. The van der Waals surface area contributed by atoms with Crippen LogP contribution in [0.2, 0.25) is 0 Å². The maximum absolute atomic E-state index is 10.4. The van der Waals surface area contributed by atoms with Gasteiger partial charge >= 0.3 is 0 Å². The van der Waals surface area contributed by atoms with Gasteiger partial charge in [0.25, 0.3) is 0 Å². The SMILES string of the molecule is Cc1cc(C[C@@H]2CN(Cc3cccc4ncccc34)C[C@H]2O)on1. The number of hydrogen-bond donors (Lipinski definition) is 1. The largest absolute Gasteiger partial charge is 0.391 e. The third kappa shape index (κ3) is 3.05. The van der Waals surface area contributed by atoms with Gasteiger partial charge in [0.05, 0.1) is 17.3 Å². The quantitative estimate of drug-likeness (QED) is 0.799. The first-order chi connectivity index (χ1) is 11.7. The number of pyridine rings is 1. The number of aromatic nitrogens is 2. The minimum atomic E-state index is -0.330. The lowest BCUT2D eigenvalue weighted by Crippen LogP contribution is -2.21. The number of aryl methyl sites for hydroxylation is 1. The highest BCUT2D eigenvalue weighted by atomic mass is 16.5. The Hall–Kier alpha value is -2.24. The van der Waals surface area contributed by atoms with Crippen molar-refractivity contribution in [1.82, 2.24) is 15.0 Å². The monoisotopic (exact) mass is 323 g/mol. The zero-order chi connectivity index (χ0) is 16.5. The van der Waals surface area contributed by atoms with Crippen molar-refractivity contribution in [3.63, 3.8) is 0 Å². The molecule has 0 bridgehead atoms. The van der Waals surface area contributed by atoms with Gasteiger partial charge in [0.1, 0.15) is 5.76 Å². The third-order valence-electron chi connectivity index (χ3n) is 4.75. The molecule has 4 rings (SSSR count). The van der Waals surface area contributed by atoms with Crippen LogP contribution in [0.3, 0.4) is 0 Å². The molecule has 5 nitrogen and oxygen atoms in total. The summed E-state index contributed by atoms with van der Waals surface area (Å²) in [6.07, 6.45) is 2.22. The molecule has 2 atom stereocenters. The van der Waals surface area contributed by atoms with Crippen molar-refractivity contribution in [2.24, 2.45) is 5.92 Å². The Bertz CT molecular complexity index is 840. The van der Waals surface area contributed by atoms with Gasteiger partial charge in [0.2, 0.25) is 0 Å². The lowest BCUT2D eigenvalue weighted by Gasteiger charge is -2.16. The molecule has 0 aliphatic carbocycles. The first-order valence-electron chi connectivity index (χ1n) is 8.34. The van der Waals surface area contributed by atoms with E-state index in [1.54, 1.807) is 0 Å². The van der Waals surface area contributed by atoms with E-state index in [-0.39, 0.29) is 12.0 Å². The molecular formula is C19H21N3O2. The Morgan fingerprint density at radius 1 is 1.25 bits per heavy atom. The number of nitrogens with zero attached hydrogens (tertiary/aromatic N) is 3. The van der Waals surface area contributed by atoms with Crippen LogP contribution in [0.4, 0.5) is 0 Å². The summed E-state index contributed by atoms with van der Waals surface area (Å²) >= 11 is 0. The number of benzene rings is 1. The molecular weight excluding hydrogens is 302 g/mol. The topological polar surface area (TPSA) is 62.4 Å². The number of hydrogen-bond acceptors (Lipinski definition) is 5. The van der Waals surface area contributed by atoms with Crippen molar-refractivity contribution in [2.45, 2.75) is 26.0 Å². The van der Waals surface area contributed by atoms with Gasteiger partial charge in [0, 0.05) is 49.6 Å². The maximum atomic E-state index is 10.4. The molecule has 1 fully saturated rings. The molecule has 24 heavy (non-hydrogen) atoms. The lowest BCUT2D eigenvalue weighted by atomic mass is 10.0. The minimum Gasteiger partial charge on any atom is -0.391 e. The van der Waals surface area contributed by atoms with E-state index in [2.05, 4.69) is 27.2 Å². The highest BCUT2D eigenvalue weighted by Gasteiger charge is 2.32. The highest BCUT2D eigenvalue weighted by molar-refractivity contribution is 5.81. The van der Waals surface area contributed by atoms with Gasteiger partial charge in [-0.15, -0.1) is 0 Å². The van der Waals surface area contributed by atoms with Crippen molar-refractivity contribution in [3.05, 3.63) is 59.6 Å². The fourth-order valence-corrected chi connectivity index (χ4v) is 3.59. The molecule has 0 amide bonds. The predicted molar refractivity (Wildman–Crippen MR) is 91.5 cm³/mol. The third-order valence-corrected chi connectivity index (χ3v) is 4.75. The Labute approximate surface area is 140 Å². The molecule has 2 aromatic heterocycles. The fourth-order valence-electron chi connectivity index (χ4n) is 3.59. The molecule has 1 aromatic carbocycles. The summed E-state index contributed by atoms with van der Waals surface area (Å²) in [7, 11) is 0. The second-order valence-electron chi connectivity index (χ2n) is 6.65. The smallest absolute Gasteiger partial charge is 0.137 e. The molecule has 1 N–H and O–H groups in total. The van der Waals surface area contributed by atoms with Crippen molar-refractivity contribution in [1.29, 1.82) is 0 Å². The van der Waals surface area contributed by atoms with Crippen molar-refractivity contribution in [2.75, 3.05) is 13.1 Å². The summed E-state index contributed by atoms with van der Waals surface area (Å²) in [5.41, 5.74) is 3.16. The fraction of sp³-hybridized carbons (Fsp3) is 0.368. The van der Waals surface area contributed by atoms with E-state index >= 15 is 0 Å².